The maximum Gasteiger partial charge on any atom is 0.0632 e. The molecule has 0 aliphatic rings. The zero-order valence-corrected chi connectivity index (χ0v) is 30.5. The summed E-state index contributed by atoms with van der Waals surface area (Å²) in [4.78, 5) is 0. The summed E-state index contributed by atoms with van der Waals surface area (Å²) in [5.41, 5.74) is 12.0. The maximum absolute atomic E-state index is 2.53. The second-order valence-corrected chi connectivity index (χ2v) is 14.8. The van der Waals surface area contributed by atoms with E-state index in [1.807, 2.05) is 0 Å². The molecule has 10 aromatic carbocycles. The van der Waals surface area contributed by atoms with Gasteiger partial charge >= 0.3 is 0 Å². The molecule has 0 unspecified atom stereocenters. The van der Waals surface area contributed by atoms with E-state index in [0.717, 1.165) is 11.4 Å². The van der Waals surface area contributed by atoms with Gasteiger partial charge in [0, 0.05) is 49.1 Å². The molecular weight excluding hydrogens is 677 g/mol. The smallest absolute Gasteiger partial charge is 0.0632 e. The van der Waals surface area contributed by atoms with Gasteiger partial charge in [-0.15, -0.1) is 0 Å². The first-order valence-electron chi connectivity index (χ1n) is 19.4. The maximum atomic E-state index is 2.53. The van der Waals surface area contributed by atoms with Gasteiger partial charge in [-0.2, -0.15) is 0 Å². The standard InChI is InChI=1S/C54H34N2/c1-5-17-35(18-6-1)37-29-31-47-45(33-37)49-41-25-13-14-26-42(41)50-51(54(49)56(47)40-23-11-4-12-24-40)43-27-15-16-28-44(43)53-52(50)46-34-38(36-19-7-2-8-20-36)30-32-48(46)55(53)39-21-9-3-10-22-39/h1-34H. The molecule has 0 bridgehead atoms. The van der Waals surface area contributed by atoms with E-state index < -0.39 is 0 Å². The average Bonchev–Trinajstić information content (AvgIpc) is 3.81. The van der Waals surface area contributed by atoms with Crippen LogP contribution < -0.4 is 0 Å². The van der Waals surface area contributed by atoms with Crippen LogP contribution in [0.1, 0.15) is 0 Å². The molecule has 2 nitrogen and oxygen atoms in total. The van der Waals surface area contributed by atoms with Gasteiger partial charge in [-0.1, -0.05) is 158 Å². The number of para-hydroxylation sites is 2. The largest absolute Gasteiger partial charge is 0.309 e. The highest BCUT2D eigenvalue weighted by molar-refractivity contribution is 6.44. The molecule has 2 heteroatoms. The highest BCUT2D eigenvalue weighted by Crippen LogP contribution is 2.51. The van der Waals surface area contributed by atoms with Crippen molar-refractivity contribution in [1.29, 1.82) is 0 Å². The van der Waals surface area contributed by atoms with E-state index in [0.29, 0.717) is 0 Å². The number of rotatable bonds is 4. The van der Waals surface area contributed by atoms with Gasteiger partial charge in [0.2, 0.25) is 0 Å². The number of hydrogen-bond acceptors (Lipinski definition) is 0. The lowest BCUT2D eigenvalue weighted by atomic mass is 9.89. The lowest BCUT2D eigenvalue weighted by Gasteiger charge is -2.17. The van der Waals surface area contributed by atoms with Gasteiger partial charge in [0.05, 0.1) is 22.1 Å². The first-order valence-corrected chi connectivity index (χ1v) is 19.4. The molecule has 0 saturated carbocycles. The molecule has 0 fully saturated rings. The fourth-order valence-corrected chi connectivity index (χ4v) is 9.51. The Hall–Kier alpha value is -7.42. The molecule has 12 aromatic rings. The third kappa shape index (κ3) is 4.38. The molecular formula is C54H34N2. The van der Waals surface area contributed by atoms with E-state index in [-0.39, 0.29) is 0 Å². The molecule has 0 radical (unpaired) electrons. The SMILES string of the molecule is c1ccc(-c2ccc3c(c2)c2c4c5ccccc5c5c6cc(-c7ccccc7)ccc6n(-c6ccccc6)c5c4c4ccccc4c2n3-c2ccccc2)cc1. The Balaban J connectivity index is 1.39. The fourth-order valence-electron chi connectivity index (χ4n) is 9.51. The van der Waals surface area contributed by atoms with Crippen LogP contribution in [0.5, 0.6) is 0 Å². The van der Waals surface area contributed by atoms with Crippen molar-refractivity contribution in [3.63, 3.8) is 0 Å². The monoisotopic (exact) mass is 710 g/mol. The van der Waals surface area contributed by atoms with Crippen molar-refractivity contribution in [2.24, 2.45) is 0 Å². The van der Waals surface area contributed by atoms with E-state index in [4.69, 9.17) is 0 Å². The van der Waals surface area contributed by atoms with Crippen LogP contribution >= 0.6 is 0 Å². The van der Waals surface area contributed by atoms with Crippen molar-refractivity contribution < 1.29 is 0 Å². The van der Waals surface area contributed by atoms with Crippen LogP contribution in [0.3, 0.4) is 0 Å². The molecule has 0 N–H and O–H groups in total. The number of hydrogen-bond donors (Lipinski definition) is 0. The van der Waals surface area contributed by atoms with Gasteiger partial charge < -0.3 is 9.13 Å². The number of aromatic nitrogens is 2. The van der Waals surface area contributed by atoms with Gasteiger partial charge in [-0.3, -0.25) is 0 Å². The molecule has 0 aliphatic heterocycles. The Morgan fingerprint density at radius 1 is 0.232 bits per heavy atom. The van der Waals surface area contributed by atoms with Crippen molar-refractivity contribution in [3.8, 4) is 33.6 Å². The third-order valence-corrected chi connectivity index (χ3v) is 11.8. The van der Waals surface area contributed by atoms with Gasteiger partial charge in [0.1, 0.15) is 0 Å². The molecule has 0 saturated heterocycles. The first-order chi connectivity index (χ1) is 27.8. The number of fused-ring (bicyclic) bond motifs is 15. The van der Waals surface area contributed by atoms with Crippen LogP contribution in [0.25, 0.3) is 110 Å². The van der Waals surface area contributed by atoms with Gasteiger partial charge in [-0.25, -0.2) is 0 Å². The summed E-state index contributed by atoms with van der Waals surface area (Å²) >= 11 is 0. The lowest BCUT2D eigenvalue weighted by molar-refractivity contribution is 1.19. The normalized spacial score (nSPS) is 11.9. The van der Waals surface area contributed by atoms with E-state index in [1.165, 1.54) is 98.2 Å². The Kier molecular flexibility index (Phi) is 6.66. The molecule has 56 heavy (non-hydrogen) atoms. The average molecular weight is 711 g/mol. The van der Waals surface area contributed by atoms with Crippen molar-refractivity contribution >= 4 is 75.9 Å². The van der Waals surface area contributed by atoms with Crippen LogP contribution in [-0.4, -0.2) is 9.13 Å². The van der Waals surface area contributed by atoms with Crippen molar-refractivity contribution in [2.75, 3.05) is 0 Å². The number of nitrogens with zero attached hydrogens (tertiary/aromatic N) is 2. The Morgan fingerprint density at radius 3 is 1.12 bits per heavy atom. The minimum absolute atomic E-state index is 1.15. The summed E-state index contributed by atoms with van der Waals surface area (Å²) in [5.74, 6) is 0. The quantitative estimate of drug-likeness (QED) is 0.161. The first kappa shape index (κ1) is 31.0. The molecule has 2 heterocycles. The predicted octanol–water partition coefficient (Wildman–Crippen LogP) is 14.7. The molecule has 0 spiro atoms. The Labute approximate surface area is 323 Å². The molecule has 0 aliphatic carbocycles. The second kappa shape index (κ2) is 12.0. The van der Waals surface area contributed by atoms with Gasteiger partial charge in [-0.05, 0) is 86.9 Å². The summed E-state index contributed by atoms with van der Waals surface area (Å²) in [6.07, 6.45) is 0. The third-order valence-electron chi connectivity index (χ3n) is 11.8. The molecule has 2 aromatic heterocycles. The van der Waals surface area contributed by atoms with Crippen molar-refractivity contribution in [1.82, 2.24) is 9.13 Å². The molecule has 260 valence electrons. The van der Waals surface area contributed by atoms with Gasteiger partial charge in [0.25, 0.3) is 0 Å². The van der Waals surface area contributed by atoms with Crippen molar-refractivity contribution in [2.45, 2.75) is 0 Å². The zero-order chi connectivity index (χ0) is 36.7. The zero-order valence-electron chi connectivity index (χ0n) is 30.5. The van der Waals surface area contributed by atoms with E-state index in [9.17, 15) is 0 Å². The second-order valence-electron chi connectivity index (χ2n) is 14.8. The predicted molar refractivity (Wildman–Crippen MR) is 239 cm³/mol. The molecule has 12 rings (SSSR count). The van der Waals surface area contributed by atoms with Crippen LogP contribution in [0, 0.1) is 0 Å². The van der Waals surface area contributed by atoms with E-state index in [2.05, 4.69) is 215 Å². The highest BCUT2D eigenvalue weighted by atomic mass is 15.0. The minimum Gasteiger partial charge on any atom is -0.309 e. The van der Waals surface area contributed by atoms with E-state index in [1.54, 1.807) is 0 Å². The van der Waals surface area contributed by atoms with E-state index >= 15 is 0 Å². The van der Waals surface area contributed by atoms with Crippen molar-refractivity contribution in [3.05, 3.63) is 206 Å². The summed E-state index contributed by atoms with van der Waals surface area (Å²) < 4.78 is 5.03. The van der Waals surface area contributed by atoms with Crippen LogP contribution in [0.2, 0.25) is 0 Å². The minimum atomic E-state index is 1.15. The Morgan fingerprint density at radius 2 is 0.607 bits per heavy atom. The van der Waals surface area contributed by atoms with Crippen LogP contribution in [0.15, 0.2) is 206 Å². The lowest BCUT2D eigenvalue weighted by Crippen LogP contribution is -1.97. The van der Waals surface area contributed by atoms with Crippen LogP contribution in [0.4, 0.5) is 0 Å². The topological polar surface area (TPSA) is 9.86 Å². The summed E-state index contributed by atoms with van der Waals surface area (Å²) in [5, 5.41) is 12.6. The Bertz CT molecular complexity index is 3490. The molecule has 0 amide bonds. The molecule has 0 atom stereocenters. The number of benzene rings is 10. The highest BCUT2D eigenvalue weighted by Gasteiger charge is 2.26. The summed E-state index contributed by atoms with van der Waals surface area (Å²) in [6, 6.07) is 75.6. The van der Waals surface area contributed by atoms with Crippen LogP contribution in [-0.2, 0) is 0 Å². The summed E-state index contributed by atoms with van der Waals surface area (Å²) in [7, 11) is 0. The van der Waals surface area contributed by atoms with Gasteiger partial charge in [0.15, 0.2) is 0 Å². The summed E-state index contributed by atoms with van der Waals surface area (Å²) in [6.45, 7) is 0. The fraction of sp³-hybridized carbons (Fsp3) is 0.